The Morgan fingerprint density at radius 3 is 2.49 bits per heavy atom. The van der Waals surface area contributed by atoms with Gasteiger partial charge in [0.25, 0.3) is 0 Å². The van der Waals surface area contributed by atoms with Crippen LogP contribution in [0.25, 0.3) is 0 Å². The fourth-order valence-electron chi connectivity index (χ4n) is 5.36. The van der Waals surface area contributed by atoms with E-state index in [0.29, 0.717) is 28.5 Å². The van der Waals surface area contributed by atoms with Crippen molar-refractivity contribution in [3.63, 3.8) is 0 Å². The Balaban J connectivity index is 1.38. The minimum atomic E-state index is -2.51. The first-order valence-electron chi connectivity index (χ1n) is 14.2. The van der Waals surface area contributed by atoms with E-state index in [1.165, 1.54) is 0 Å². The predicted molar refractivity (Wildman–Crippen MR) is 169 cm³/mol. The molecule has 2 aliphatic rings. The molecule has 2 saturated heterocycles. The van der Waals surface area contributed by atoms with Gasteiger partial charge >= 0.3 is 0 Å². The van der Waals surface area contributed by atoms with Crippen LogP contribution in [-0.4, -0.2) is 80.7 Å². The summed E-state index contributed by atoms with van der Waals surface area (Å²) < 4.78 is 25.0. The summed E-state index contributed by atoms with van der Waals surface area (Å²) in [6.45, 7) is 6.90. The Kier molecular flexibility index (Phi) is 9.39. The number of aromatic nitrogens is 2. The number of nitrogens with one attached hydrogen (secondary N) is 2. The van der Waals surface area contributed by atoms with Crippen molar-refractivity contribution in [2.24, 2.45) is 0 Å². The van der Waals surface area contributed by atoms with Gasteiger partial charge in [0.2, 0.25) is 5.95 Å². The van der Waals surface area contributed by atoms with Gasteiger partial charge in [-0.05, 0) is 64.5 Å². The smallest absolute Gasteiger partial charge is 0.229 e. The molecule has 3 heterocycles. The van der Waals surface area contributed by atoms with Crippen molar-refractivity contribution in [2.75, 3.05) is 69.3 Å². The number of nitrogens with zero attached hydrogens (tertiary/aromatic N) is 4. The Hall–Kier alpha value is -2.84. The van der Waals surface area contributed by atoms with Gasteiger partial charge in [0, 0.05) is 49.0 Å². The van der Waals surface area contributed by atoms with Crippen LogP contribution in [0.4, 0.5) is 28.8 Å². The number of piperidine rings is 1. The number of anilines is 5. The van der Waals surface area contributed by atoms with Crippen molar-refractivity contribution < 1.29 is 14.0 Å². The molecule has 0 radical (unpaired) electrons. The standard InChI is InChI=1S/C30H40ClN6O3P/c1-36(2)22-11-15-37(16-12-22)26-10-9-21(19-27(26)40-23-13-17-39-18-14-23)33-30-32-20-24(31)29(35-30)34-25-7-5-6-8-28(25)41(3,4)38/h5-10,19-20,22-23H,11-18H2,1-4H3,(H2,32,33,34,35). The average Bonchev–Trinajstić information content (AvgIpc) is 2.95. The molecule has 9 nitrogen and oxygen atoms in total. The molecule has 0 spiro atoms. The number of rotatable bonds is 9. The Labute approximate surface area is 248 Å². The third-order valence-electron chi connectivity index (χ3n) is 7.69. The molecule has 2 aromatic carbocycles. The van der Waals surface area contributed by atoms with Crippen LogP contribution in [0.2, 0.25) is 5.02 Å². The zero-order valence-electron chi connectivity index (χ0n) is 24.3. The van der Waals surface area contributed by atoms with Gasteiger partial charge in [0.1, 0.15) is 24.0 Å². The van der Waals surface area contributed by atoms with Crippen LogP contribution in [0.3, 0.4) is 0 Å². The van der Waals surface area contributed by atoms with E-state index in [-0.39, 0.29) is 6.10 Å². The van der Waals surface area contributed by atoms with Crippen LogP contribution in [0.5, 0.6) is 5.75 Å². The lowest BCUT2D eigenvalue weighted by Gasteiger charge is -2.37. The van der Waals surface area contributed by atoms with E-state index in [4.69, 9.17) is 21.1 Å². The molecule has 11 heteroatoms. The highest BCUT2D eigenvalue weighted by atomic mass is 35.5. The lowest BCUT2D eigenvalue weighted by Crippen LogP contribution is -2.42. The second-order valence-electron chi connectivity index (χ2n) is 11.3. The van der Waals surface area contributed by atoms with Gasteiger partial charge < -0.3 is 34.5 Å². The number of para-hydroxylation sites is 1. The molecule has 220 valence electrons. The van der Waals surface area contributed by atoms with Crippen LogP contribution < -0.4 is 25.6 Å². The molecule has 0 aliphatic carbocycles. The maximum Gasteiger partial charge on any atom is 0.229 e. The van der Waals surface area contributed by atoms with E-state index in [0.717, 1.165) is 74.4 Å². The summed E-state index contributed by atoms with van der Waals surface area (Å²) >= 11 is 6.46. The first kappa shape index (κ1) is 29.6. The molecule has 0 atom stereocenters. The minimum absolute atomic E-state index is 0.118. The monoisotopic (exact) mass is 598 g/mol. The van der Waals surface area contributed by atoms with Gasteiger partial charge in [0.15, 0.2) is 5.82 Å². The van der Waals surface area contributed by atoms with Gasteiger partial charge in [0.05, 0.1) is 30.8 Å². The molecular formula is C30H40ClN6O3P. The van der Waals surface area contributed by atoms with Crippen molar-refractivity contribution in [1.29, 1.82) is 0 Å². The fraction of sp³-hybridized carbons (Fsp3) is 0.467. The number of ether oxygens (including phenoxy) is 2. The summed E-state index contributed by atoms with van der Waals surface area (Å²) in [5, 5.41) is 7.70. The molecule has 0 saturated carbocycles. The van der Waals surface area contributed by atoms with Gasteiger partial charge in [-0.2, -0.15) is 4.98 Å². The van der Waals surface area contributed by atoms with Crippen molar-refractivity contribution in [2.45, 2.75) is 37.8 Å². The minimum Gasteiger partial charge on any atom is -0.488 e. The fourth-order valence-corrected chi connectivity index (χ4v) is 6.66. The molecule has 0 amide bonds. The van der Waals surface area contributed by atoms with Gasteiger partial charge in [-0.15, -0.1) is 0 Å². The van der Waals surface area contributed by atoms with Crippen LogP contribution >= 0.6 is 18.7 Å². The zero-order valence-corrected chi connectivity index (χ0v) is 25.9. The van der Waals surface area contributed by atoms with Gasteiger partial charge in [-0.25, -0.2) is 4.98 Å². The quantitative estimate of drug-likeness (QED) is 0.290. The second kappa shape index (κ2) is 13.0. The van der Waals surface area contributed by atoms with E-state index in [2.05, 4.69) is 50.6 Å². The molecule has 3 aromatic rings. The molecule has 0 unspecified atom stereocenters. The highest BCUT2D eigenvalue weighted by Crippen LogP contribution is 2.39. The maximum atomic E-state index is 12.8. The van der Waals surface area contributed by atoms with Crippen molar-refractivity contribution in [1.82, 2.24) is 14.9 Å². The summed E-state index contributed by atoms with van der Waals surface area (Å²) in [7, 11) is 1.80. The summed E-state index contributed by atoms with van der Waals surface area (Å²) in [5.41, 5.74) is 2.64. The Morgan fingerprint density at radius 2 is 1.78 bits per heavy atom. The van der Waals surface area contributed by atoms with E-state index >= 15 is 0 Å². The Morgan fingerprint density at radius 1 is 1.05 bits per heavy atom. The van der Waals surface area contributed by atoms with E-state index in [1.807, 2.05) is 36.4 Å². The number of benzene rings is 2. The first-order chi connectivity index (χ1) is 19.7. The van der Waals surface area contributed by atoms with Crippen molar-refractivity contribution in [3.8, 4) is 5.75 Å². The van der Waals surface area contributed by atoms with Crippen LogP contribution in [0.1, 0.15) is 25.7 Å². The second-order valence-corrected chi connectivity index (χ2v) is 14.9. The molecule has 2 fully saturated rings. The Bertz CT molecular complexity index is 1390. The molecular weight excluding hydrogens is 559 g/mol. The van der Waals surface area contributed by atoms with Crippen LogP contribution in [0, 0.1) is 0 Å². The van der Waals surface area contributed by atoms with E-state index in [9.17, 15) is 4.57 Å². The maximum absolute atomic E-state index is 12.8. The number of hydrogen-bond donors (Lipinski definition) is 2. The van der Waals surface area contributed by atoms with Crippen LogP contribution in [-0.2, 0) is 9.30 Å². The van der Waals surface area contributed by atoms with Crippen LogP contribution in [0.15, 0.2) is 48.7 Å². The van der Waals surface area contributed by atoms with E-state index < -0.39 is 7.14 Å². The highest BCUT2D eigenvalue weighted by molar-refractivity contribution is 7.70. The first-order valence-corrected chi connectivity index (χ1v) is 17.2. The number of hydrogen-bond acceptors (Lipinski definition) is 9. The van der Waals surface area contributed by atoms with Gasteiger partial charge in [-0.3, -0.25) is 0 Å². The van der Waals surface area contributed by atoms with Gasteiger partial charge in [-0.1, -0.05) is 23.7 Å². The molecule has 5 rings (SSSR count). The average molecular weight is 599 g/mol. The molecule has 0 bridgehead atoms. The molecule has 41 heavy (non-hydrogen) atoms. The highest BCUT2D eigenvalue weighted by Gasteiger charge is 2.25. The predicted octanol–water partition coefficient (Wildman–Crippen LogP) is 5.95. The molecule has 2 aliphatic heterocycles. The van der Waals surface area contributed by atoms with Crippen molar-refractivity contribution >= 4 is 52.9 Å². The summed E-state index contributed by atoms with van der Waals surface area (Å²) in [4.78, 5) is 13.8. The van der Waals surface area contributed by atoms with E-state index in [1.54, 1.807) is 19.5 Å². The lowest BCUT2D eigenvalue weighted by atomic mass is 10.0. The molecule has 1 aromatic heterocycles. The third kappa shape index (κ3) is 7.52. The number of halogens is 1. The summed E-state index contributed by atoms with van der Waals surface area (Å²) in [6, 6.07) is 14.3. The zero-order chi connectivity index (χ0) is 29.0. The van der Waals surface area contributed by atoms with Crippen molar-refractivity contribution in [3.05, 3.63) is 53.7 Å². The lowest BCUT2D eigenvalue weighted by molar-refractivity contribution is 0.0257. The summed E-state index contributed by atoms with van der Waals surface area (Å²) in [5.74, 6) is 1.68. The largest absolute Gasteiger partial charge is 0.488 e. The summed E-state index contributed by atoms with van der Waals surface area (Å²) in [6.07, 6.45) is 5.66. The topological polar surface area (TPSA) is 91.9 Å². The molecule has 2 N–H and O–H groups in total. The normalized spacial score (nSPS) is 17.1. The SMILES string of the molecule is CN(C)C1CCN(c2ccc(Nc3ncc(Cl)c(Nc4ccccc4P(C)(C)=O)n3)cc2OC2CCOCC2)CC1. The third-order valence-corrected chi connectivity index (χ3v) is 9.52.